The number of hydrogen-bond donors (Lipinski definition) is 0. The minimum absolute atomic E-state index is 0.307. The Morgan fingerprint density at radius 2 is 1.26 bits per heavy atom. The van der Waals surface area contributed by atoms with Crippen molar-refractivity contribution < 1.29 is 9.47 Å². The number of benzene rings is 3. The van der Waals surface area contributed by atoms with Gasteiger partial charge < -0.3 is 9.47 Å². The lowest BCUT2D eigenvalue weighted by Crippen LogP contribution is -1.92. The van der Waals surface area contributed by atoms with Crippen LogP contribution in [0.5, 0.6) is 11.5 Å². The van der Waals surface area contributed by atoms with E-state index >= 15 is 0 Å². The van der Waals surface area contributed by atoms with Gasteiger partial charge in [0.1, 0.15) is 0 Å². The summed E-state index contributed by atoms with van der Waals surface area (Å²) in [5, 5.41) is 0. The first-order valence-electron chi connectivity index (χ1n) is 7.71. The standard InChI is InChI=1S/C21H14O2/c1-3-7-17-15(5-1)16-6-2-4-8-18(16)19(17)11-14-9-10-20-21(12-14)23-13-22-20/h1-12H,13H2. The predicted molar refractivity (Wildman–Crippen MR) is 91.4 cm³/mol. The molecule has 1 heterocycles. The molecule has 3 aromatic rings. The Kier molecular flexibility index (Phi) is 2.59. The molecule has 0 unspecified atom stereocenters. The molecule has 0 fully saturated rings. The van der Waals surface area contributed by atoms with Gasteiger partial charge in [0, 0.05) is 0 Å². The van der Waals surface area contributed by atoms with Crippen molar-refractivity contribution in [2.45, 2.75) is 0 Å². The van der Waals surface area contributed by atoms with Crippen LogP contribution in [0.4, 0.5) is 0 Å². The maximum atomic E-state index is 5.49. The monoisotopic (exact) mass is 298 g/mol. The van der Waals surface area contributed by atoms with Crippen molar-refractivity contribution >= 4 is 11.6 Å². The predicted octanol–water partition coefficient (Wildman–Crippen LogP) is 4.98. The lowest BCUT2D eigenvalue weighted by atomic mass is 10.0. The lowest BCUT2D eigenvalue weighted by Gasteiger charge is -2.04. The highest BCUT2D eigenvalue weighted by Gasteiger charge is 2.22. The second-order valence-electron chi connectivity index (χ2n) is 5.76. The minimum Gasteiger partial charge on any atom is -0.454 e. The second-order valence-corrected chi connectivity index (χ2v) is 5.76. The van der Waals surface area contributed by atoms with E-state index in [9.17, 15) is 0 Å². The van der Waals surface area contributed by atoms with E-state index in [0.29, 0.717) is 6.79 Å². The second kappa shape index (κ2) is 4.75. The largest absolute Gasteiger partial charge is 0.454 e. The smallest absolute Gasteiger partial charge is 0.231 e. The molecule has 0 saturated carbocycles. The average molecular weight is 298 g/mol. The van der Waals surface area contributed by atoms with Crippen LogP contribution in [-0.4, -0.2) is 6.79 Å². The highest BCUT2D eigenvalue weighted by molar-refractivity contribution is 6.06. The van der Waals surface area contributed by atoms with Crippen LogP contribution in [0.3, 0.4) is 0 Å². The fourth-order valence-corrected chi connectivity index (χ4v) is 3.38. The first-order chi connectivity index (χ1) is 11.4. The molecule has 5 rings (SSSR count). The number of fused-ring (bicyclic) bond motifs is 4. The van der Waals surface area contributed by atoms with E-state index in [1.807, 2.05) is 12.1 Å². The van der Waals surface area contributed by atoms with Crippen LogP contribution in [0.15, 0.2) is 66.7 Å². The molecule has 0 radical (unpaired) electrons. The Bertz CT molecular complexity index is 906. The van der Waals surface area contributed by atoms with Crippen LogP contribution in [0, 0.1) is 0 Å². The van der Waals surface area contributed by atoms with E-state index in [0.717, 1.165) is 17.1 Å². The van der Waals surface area contributed by atoms with E-state index in [4.69, 9.17) is 9.47 Å². The van der Waals surface area contributed by atoms with Gasteiger partial charge in [-0.1, -0.05) is 54.6 Å². The van der Waals surface area contributed by atoms with Crippen LogP contribution in [-0.2, 0) is 0 Å². The fourth-order valence-electron chi connectivity index (χ4n) is 3.38. The van der Waals surface area contributed by atoms with Gasteiger partial charge in [0.05, 0.1) is 0 Å². The van der Waals surface area contributed by atoms with Gasteiger partial charge in [-0.05, 0) is 51.6 Å². The zero-order chi connectivity index (χ0) is 15.2. The Morgan fingerprint density at radius 1 is 0.652 bits per heavy atom. The van der Waals surface area contributed by atoms with E-state index in [-0.39, 0.29) is 0 Å². The lowest BCUT2D eigenvalue weighted by molar-refractivity contribution is 0.174. The Morgan fingerprint density at radius 3 is 1.96 bits per heavy atom. The summed E-state index contributed by atoms with van der Waals surface area (Å²) >= 11 is 0. The molecule has 23 heavy (non-hydrogen) atoms. The third-order valence-electron chi connectivity index (χ3n) is 4.43. The average Bonchev–Trinajstić information content (AvgIpc) is 3.19. The molecule has 0 aromatic heterocycles. The third kappa shape index (κ3) is 1.88. The molecule has 0 spiro atoms. The summed E-state index contributed by atoms with van der Waals surface area (Å²) in [6.45, 7) is 0.307. The van der Waals surface area contributed by atoms with E-state index in [1.54, 1.807) is 0 Å². The molecule has 110 valence electrons. The van der Waals surface area contributed by atoms with Crippen molar-refractivity contribution in [3.63, 3.8) is 0 Å². The molecule has 0 bridgehead atoms. The van der Waals surface area contributed by atoms with Crippen molar-refractivity contribution in [2.24, 2.45) is 0 Å². The summed E-state index contributed by atoms with van der Waals surface area (Å²) in [5.41, 5.74) is 7.55. The van der Waals surface area contributed by atoms with Gasteiger partial charge in [0.2, 0.25) is 6.79 Å². The van der Waals surface area contributed by atoms with Crippen LogP contribution >= 0.6 is 0 Å². The molecular formula is C21H14O2. The zero-order valence-corrected chi connectivity index (χ0v) is 12.5. The SMILES string of the molecule is C(=C1c2ccccc2-c2ccccc21)c1ccc2c(c1)OCO2. The Balaban J connectivity index is 1.71. The molecule has 1 aliphatic carbocycles. The van der Waals surface area contributed by atoms with Gasteiger partial charge in [-0.2, -0.15) is 0 Å². The Labute approximate surface area is 134 Å². The van der Waals surface area contributed by atoms with Gasteiger partial charge in [-0.3, -0.25) is 0 Å². The van der Waals surface area contributed by atoms with Crippen molar-refractivity contribution in [3.05, 3.63) is 83.4 Å². The highest BCUT2D eigenvalue weighted by Crippen LogP contribution is 2.45. The number of ether oxygens (including phenoxy) is 2. The summed E-state index contributed by atoms with van der Waals surface area (Å²) in [4.78, 5) is 0. The number of hydrogen-bond acceptors (Lipinski definition) is 2. The topological polar surface area (TPSA) is 18.5 Å². The van der Waals surface area contributed by atoms with Crippen molar-refractivity contribution in [1.29, 1.82) is 0 Å². The first kappa shape index (κ1) is 12.5. The van der Waals surface area contributed by atoms with Gasteiger partial charge in [0.25, 0.3) is 0 Å². The number of rotatable bonds is 1. The molecule has 3 aromatic carbocycles. The minimum atomic E-state index is 0.307. The maximum Gasteiger partial charge on any atom is 0.231 e. The summed E-state index contributed by atoms with van der Waals surface area (Å²) in [6, 6.07) is 23.2. The van der Waals surface area contributed by atoms with Gasteiger partial charge in [-0.15, -0.1) is 0 Å². The zero-order valence-electron chi connectivity index (χ0n) is 12.5. The fraction of sp³-hybridized carbons (Fsp3) is 0.0476. The molecule has 0 N–H and O–H groups in total. The maximum absolute atomic E-state index is 5.49. The molecular weight excluding hydrogens is 284 g/mol. The molecule has 1 aliphatic heterocycles. The summed E-state index contributed by atoms with van der Waals surface area (Å²) in [5.74, 6) is 1.64. The molecule has 0 amide bonds. The van der Waals surface area contributed by atoms with Crippen LogP contribution in [0.2, 0.25) is 0 Å². The van der Waals surface area contributed by atoms with Gasteiger partial charge >= 0.3 is 0 Å². The quantitative estimate of drug-likeness (QED) is 0.493. The van der Waals surface area contributed by atoms with Crippen LogP contribution < -0.4 is 9.47 Å². The third-order valence-corrected chi connectivity index (χ3v) is 4.43. The molecule has 0 saturated heterocycles. The van der Waals surface area contributed by atoms with Gasteiger partial charge in [0.15, 0.2) is 11.5 Å². The first-order valence-corrected chi connectivity index (χ1v) is 7.71. The summed E-state index contributed by atoms with van der Waals surface area (Å²) < 4.78 is 10.9. The Hall–Kier alpha value is -3.00. The molecule has 2 aliphatic rings. The van der Waals surface area contributed by atoms with Gasteiger partial charge in [-0.25, -0.2) is 0 Å². The van der Waals surface area contributed by atoms with E-state index < -0.39 is 0 Å². The van der Waals surface area contributed by atoms with Crippen LogP contribution in [0.25, 0.3) is 22.8 Å². The summed E-state index contributed by atoms with van der Waals surface area (Å²) in [7, 11) is 0. The molecule has 0 atom stereocenters. The highest BCUT2D eigenvalue weighted by atomic mass is 16.7. The van der Waals surface area contributed by atoms with Crippen molar-refractivity contribution in [1.82, 2.24) is 0 Å². The van der Waals surface area contributed by atoms with E-state index in [2.05, 4.69) is 60.7 Å². The van der Waals surface area contributed by atoms with Crippen molar-refractivity contribution in [2.75, 3.05) is 6.79 Å². The van der Waals surface area contributed by atoms with E-state index in [1.165, 1.54) is 27.8 Å². The van der Waals surface area contributed by atoms with Crippen molar-refractivity contribution in [3.8, 4) is 22.6 Å². The normalized spacial score (nSPS) is 13.7. The molecule has 2 nitrogen and oxygen atoms in total. The summed E-state index contributed by atoms with van der Waals surface area (Å²) in [6.07, 6.45) is 2.23. The molecule has 2 heteroatoms. The van der Waals surface area contributed by atoms with Crippen LogP contribution in [0.1, 0.15) is 16.7 Å².